The minimum Gasteiger partial charge on any atom is -0.384 e. The summed E-state index contributed by atoms with van der Waals surface area (Å²) < 4.78 is 1.74. The number of nitrogens with two attached hydrogens (primary N) is 1. The van der Waals surface area contributed by atoms with Gasteiger partial charge in [-0.1, -0.05) is 12.1 Å². The maximum atomic E-state index is 7.26. The molecule has 4 heteroatoms. The van der Waals surface area contributed by atoms with E-state index < -0.39 is 0 Å². The molecule has 0 aliphatic rings. The first-order chi connectivity index (χ1) is 6.16. The predicted molar refractivity (Wildman–Crippen MR) is 51.7 cm³/mol. The maximum Gasteiger partial charge on any atom is 0.122 e. The Labute approximate surface area is 75.5 Å². The zero-order chi connectivity index (χ0) is 9.42. The first-order valence-corrected chi connectivity index (χ1v) is 3.94. The molecule has 3 N–H and O–H groups in total. The average molecular weight is 174 g/mol. The quantitative estimate of drug-likeness (QED) is 0.497. The van der Waals surface area contributed by atoms with Gasteiger partial charge in [0.15, 0.2) is 0 Å². The Balaban J connectivity index is 2.67. The first kappa shape index (κ1) is 7.79. The van der Waals surface area contributed by atoms with Crippen molar-refractivity contribution in [3.63, 3.8) is 0 Å². The molecule has 1 aromatic carbocycles. The van der Waals surface area contributed by atoms with Gasteiger partial charge in [-0.15, -0.1) is 0 Å². The fourth-order valence-electron chi connectivity index (χ4n) is 1.31. The topological polar surface area (TPSA) is 67.7 Å². The second kappa shape index (κ2) is 2.58. The van der Waals surface area contributed by atoms with Gasteiger partial charge in [-0.2, -0.15) is 5.10 Å². The molecule has 13 heavy (non-hydrogen) atoms. The Morgan fingerprint density at radius 1 is 1.54 bits per heavy atom. The van der Waals surface area contributed by atoms with Crippen LogP contribution in [-0.4, -0.2) is 15.6 Å². The van der Waals surface area contributed by atoms with Gasteiger partial charge in [0, 0.05) is 24.2 Å². The number of nitrogens with one attached hydrogen (secondary N) is 1. The van der Waals surface area contributed by atoms with E-state index in [1.165, 1.54) is 0 Å². The number of hydrogen-bond donors (Lipinski definition) is 2. The van der Waals surface area contributed by atoms with Gasteiger partial charge in [-0.05, 0) is 6.07 Å². The minimum atomic E-state index is 0.0764. The van der Waals surface area contributed by atoms with Crippen LogP contribution in [0.25, 0.3) is 10.9 Å². The fourth-order valence-corrected chi connectivity index (χ4v) is 1.31. The molecule has 0 fully saturated rings. The number of nitrogens with zero attached hydrogens (tertiary/aromatic N) is 2. The molecule has 0 atom stereocenters. The summed E-state index contributed by atoms with van der Waals surface area (Å²) in [4.78, 5) is 0. The lowest BCUT2D eigenvalue weighted by Crippen LogP contribution is -2.10. The Morgan fingerprint density at radius 3 is 3.00 bits per heavy atom. The van der Waals surface area contributed by atoms with Crippen LogP contribution in [0.1, 0.15) is 5.56 Å². The second-order valence-corrected chi connectivity index (χ2v) is 2.99. The van der Waals surface area contributed by atoms with Gasteiger partial charge in [-0.25, -0.2) is 0 Å². The molecule has 0 aliphatic carbocycles. The average Bonchev–Trinajstić information content (AvgIpc) is 2.42. The first-order valence-electron chi connectivity index (χ1n) is 3.94. The van der Waals surface area contributed by atoms with E-state index in [0.29, 0.717) is 5.56 Å². The van der Waals surface area contributed by atoms with Gasteiger partial charge < -0.3 is 5.73 Å². The van der Waals surface area contributed by atoms with Crippen LogP contribution >= 0.6 is 0 Å². The van der Waals surface area contributed by atoms with Gasteiger partial charge in [-0.3, -0.25) is 10.1 Å². The van der Waals surface area contributed by atoms with E-state index in [1.807, 2.05) is 31.4 Å². The van der Waals surface area contributed by atoms with Crippen molar-refractivity contribution in [1.82, 2.24) is 9.78 Å². The highest BCUT2D eigenvalue weighted by Gasteiger charge is 2.01. The Morgan fingerprint density at radius 2 is 2.31 bits per heavy atom. The zero-order valence-electron chi connectivity index (χ0n) is 7.28. The summed E-state index contributed by atoms with van der Waals surface area (Å²) in [5.74, 6) is 0.0764. The number of aryl methyl sites for hydroxylation is 1. The lowest BCUT2D eigenvalue weighted by molar-refractivity contribution is 0.779. The highest BCUT2D eigenvalue weighted by molar-refractivity contribution is 5.98. The van der Waals surface area contributed by atoms with Gasteiger partial charge in [0.2, 0.25) is 0 Å². The molecule has 0 unspecified atom stereocenters. The molecule has 0 amide bonds. The SMILES string of the molecule is Cn1cc2ccc(C(=N)N)cc2n1. The molecule has 0 spiro atoms. The monoisotopic (exact) mass is 174 g/mol. The van der Waals surface area contributed by atoms with E-state index in [2.05, 4.69) is 5.10 Å². The number of rotatable bonds is 1. The van der Waals surface area contributed by atoms with Gasteiger partial charge in [0.05, 0.1) is 5.52 Å². The maximum absolute atomic E-state index is 7.26. The molecule has 0 saturated carbocycles. The van der Waals surface area contributed by atoms with Crippen molar-refractivity contribution in [3.05, 3.63) is 30.0 Å². The zero-order valence-corrected chi connectivity index (χ0v) is 7.28. The molecule has 1 aromatic heterocycles. The van der Waals surface area contributed by atoms with Crippen LogP contribution in [-0.2, 0) is 7.05 Å². The van der Waals surface area contributed by atoms with E-state index in [-0.39, 0.29) is 5.84 Å². The third kappa shape index (κ3) is 1.26. The number of aromatic nitrogens is 2. The summed E-state index contributed by atoms with van der Waals surface area (Å²) in [6, 6.07) is 5.56. The Hall–Kier alpha value is -1.84. The Bertz CT molecular complexity index is 469. The summed E-state index contributed by atoms with van der Waals surface area (Å²) in [5, 5.41) is 12.5. The summed E-state index contributed by atoms with van der Waals surface area (Å²) in [5.41, 5.74) is 6.94. The van der Waals surface area contributed by atoms with Gasteiger partial charge in [0.1, 0.15) is 5.84 Å². The molecule has 0 aliphatic heterocycles. The summed E-state index contributed by atoms with van der Waals surface area (Å²) in [7, 11) is 1.87. The number of amidine groups is 1. The lowest BCUT2D eigenvalue weighted by atomic mass is 10.1. The molecule has 2 aromatic rings. The Kier molecular flexibility index (Phi) is 1.55. The second-order valence-electron chi connectivity index (χ2n) is 2.99. The van der Waals surface area contributed by atoms with Crippen LogP contribution in [0.4, 0.5) is 0 Å². The van der Waals surface area contributed by atoms with Gasteiger partial charge in [0.25, 0.3) is 0 Å². The molecule has 2 rings (SSSR count). The van der Waals surface area contributed by atoms with E-state index >= 15 is 0 Å². The third-order valence-corrected chi connectivity index (χ3v) is 1.93. The van der Waals surface area contributed by atoms with Crippen LogP contribution in [0, 0.1) is 5.41 Å². The van der Waals surface area contributed by atoms with Crippen molar-refractivity contribution in [1.29, 1.82) is 5.41 Å². The van der Waals surface area contributed by atoms with E-state index in [0.717, 1.165) is 10.9 Å². The van der Waals surface area contributed by atoms with Crippen molar-refractivity contribution < 1.29 is 0 Å². The summed E-state index contributed by atoms with van der Waals surface area (Å²) >= 11 is 0. The molecule has 0 radical (unpaired) electrons. The van der Waals surface area contributed by atoms with Crippen molar-refractivity contribution in [3.8, 4) is 0 Å². The van der Waals surface area contributed by atoms with Gasteiger partial charge >= 0.3 is 0 Å². The normalized spacial score (nSPS) is 10.5. The minimum absolute atomic E-state index is 0.0764. The van der Waals surface area contributed by atoms with Crippen molar-refractivity contribution in [2.45, 2.75) is 0 Å². The number of benzene rings is 1. The standard InChI is InChI=1S/C9H10N4/c1-13-5-7-3-2-6(9(10)11)4-8(7)12-13/h2-5H,1H3,(H3,10,11). The van der Waals surface area contributed by atoms with Crippen LogP contribution in [0.2, 0.25) is 0 Å². The van der Waals surface area contributed by atoms with Crippen molar-refractivity contribution >= 4 is 16.7 Å². The molecule has 0 bridgehead atoms. The number of nitrogen functional groups attached to an aromatic ring is 1. The lowest BCUT2D eigenvalue weighted by Gasteiger charge is -1.95. The molecule has 0 saturated heterocycles. The van der Waals surface area contributed by atoms with Crippen LogP contribution in [0.15, 0.2) is 24.4 Å². The summed E-state index contributed by atoms with van der Waals surface area (Å²) in [6.45, 7) is 0. The van der Waals surface area contributed by atoms with Crippen molar-refractivity contribution in [2.24, 2.45) is 12.8 Å². The predicted octanol–water partition coefficient (Wildman–Crippen LogP) is 0.857. The van der Waals surface area contributed by atoms with Crippen LogP contribution in [0.5, 0.6) is 0 Å². The third-order valence-electron chi connectivity index (χ3n) is 1.93. The van der Waals surface area contributed by atoms with Crippen LogP contribution < -0.4 is 5.73 Å². The fraction of sp³-hybridized carbons (Fsp3) is 0.111. The largest absolute Gasteiger partial charge is 0.384 e. The smallest absolute Gasteiger partial charge is 0.122 e. The molecular formula is C9H10N4. The molecule has 1 heterocycles. The molecule has 4 nitrogen and oxygen atoms in total. The van der Waals surface area contributed by atoms with Crippen LogP contribution in [0.3, 0.4) is 0 Å². The highest BCUT2D eigenvalue weighted by Crippen LogP contribution is 2.13. The number of hydrogen-bond acceptors (Lipinski definition) is 2. The highest BCUT2D eigenvalue weighted by atomic mass is 15.2. The van der Waals surface area contributed by atoms with E-state index in [1.54, 1.807) is 4.68 Å². The molecule has 66 valence electrons. The van der Waals surface area contributed by atoms with E-state index in [4.69, 9.17) is 11.1 Å². The molecular weight excluding hydrogens is 164 g/mol. The van der Waals surface area contributed by atoms with Crippen molar-refractivity contribution in [2.75, 3.05) is 0 Å². The number of fused-ring (bicyclic) bond motifs is 1. The van der Waals surface area contributed by atoms with E-state index in [9.17, 15) is 0 Å². The summed E-state index contributed by atoms with van der Waals surface area (Å²) in [6.07, 6.45) is 1.93.